The topological polar surface area (TPSA) is 84.2 Å². The molecular weight excluding hydrogens is 318 g/mol. The Balaban J connectivity index is 1.54. The summed E-state index contributed by atoms with van der Waals surface area (Å²) in [6.45, 7) is 1.17. The fourth-order valence-corrected chi connectivity index (χ4v) is 3.27. The molecule has 0 saturated heterocycles. The van der Waals surface area contributed by atoms with E-state index in [4.69, 9.17) is 14.7 Å². The van der Waals surface area contributed by atoms with Crippen molar-refractivity contribution in [3.8, 4) is 17.7 Å². The third-order valence-corrected chi connectivity index (χ3v) is 4.54. The van der Waals surface area contributed by atoms with E-state index in [1.54, 1.807) is 12.4 Å². The lowest BCUT2D eigenvalue weighted by molar-refractivity contribution is 0.148. The molecular formula is C18H19N5O2. The average Bonchev–Trinajstić information content (AvgIpc) is 2.68. The molecule has 0 bridgehead atoms. The summed E-state index contributed by atoms with van der Waals surface area (Å²) in [6, 6.07) is 5.82. The summed E-state index contributed by atoms with van der Waals surface area (Å²) in [5.74, 6) is 1.96. The minimum atomic E-state index is 0.125. The summed E-state index contributed by atoms with van der Waals surface area (Å²) >= 11 is 0. The Kier molecular flexibility index (Phi) is 4.34. The summed E-state index contributed by atoms with van der Waals surface area (Å²) in [5, 5.41) is 9.02. The number of aromatic nitrogens is 3. The number of nitrogens with zero attached hydrogens (tertiary/aromatic N) is 5. The lowest BCUT2D eigenvalue weighted by atomic mass is 9.98. The van der Waals surface area contributed by atoms with E-state index >= 15 is 0 Å². The van der Waals surface area contributed by atoms with E-state index in [-0.39, 0.29) is 11.9 Å². The van der Waals surface area contributed by atoms with E-state index in [1.165, 1.54) is 19.3 Å². The van der Waals surface area contributed by atoms with Gasteiger partial charge in [0.25, 0.3) is 0 Å². The van der Waals surface area contributed by atoms with Crippen LogP contribution in [0.25, 0.3) is 0 Å². The molecule has 0 N–H and O–H groups in total. The highest BCUT2D eigenvalue weighted by atomic mass is 16.5. The largest absolute Gasteiger partial charge is 0.486 e. The Hall–Kier alpha value is -2.88. The second-order valence-electron chi connectivity index (χ2n) is 6.23. The van der Waals surface area contributed by atoms with Crippen LogP contribution in [0.1, 0.15) is 37.9 Å². The van der Waals surface area contributed by atoms with Crippen molar-refractivity contribution >= 4 is 11.5 Å². The van der Waals surface area contributed by atoms with Gasteiger partial charge >= 0.3 is 0 Å². The highest BCUT2D eigenvalue weighted by Crippen LogP contribution is 2.34. The molecule has 25 heavy (non-hydrogen) atoms. The molecule has 0 amide bonds. The molecule has 0 unspecified atom stereocenters. The lowest BCUT2D eigenvalue weighted by Crippen LogP contribution is -2.30. The van der Waals surface area contributed by atoms with Gasteiger partial charge in [-0.3, -0.25) is 0 Å². The minimum absolute atomic E-state index is 0.125. The molecule has 7 heteroatoms. The van der Waals surface area contributed by atoms with Crippen LogP contribution >= 0.6 is 0 Å². The molecule has 0 radical (unpaired) electrons. The number of ether oxygens (including phenoxy) is 2. The van der Waals surface area contributed by atoms with E-state index < -0.39 is 0 Å². The van der Waals surface area contributed by atoms with Gasteiger partial charge in [-0.1, -0.05) is 6.42 Å². The second kappa shape index (κ2) is 6.93. The number of nitriles is 1. The van der Waals surface area contributed by atoms with Crippen LogP contribution in [0.2, 0.25) is 0 Å². The predicted molar refractivity (Wildman–Crippen MR) is 91.0 cm³/mol. The van der Waals surface area contributed by atoms with Crippen molar-refractivity contribution in [1.29, 1.82) is 5.26 Å². The highest BCUT2D eigenvalue weighted by molar-refractivity contribution is 5.66. The summed E-state index contributed by atoms with van der Waals surface area (Å²) < 4.78 is 11.6. The molecule has 2 aromatic heterocycles. The van der Waals surface area contributed by atoms with Crippen LogP contribution in [-0.2, 0) is 0 Å². The fraction of sp³-hybridized carbons (Fsp3) is 0.444. The van der Waals surface area contributed by atoms with Crippen molar-refractivity contribution in [2.24, 2.45) is 0 Å². The summed E-state index contributed by atoms with van der Waals surface area (Å²) in [5.41, 5.74) is 0.892. The molecule has 0 spiro atoms. The van der Waals surface area contributed by atoms with Crippen molar-refractivity contribution < 1.29 is 9.47 Å². The maximum Gasteiger partial charge on any atom is 0.234 e. The first kappa shape index (κ1) is 15.6. The van der Waals surface area contributed by atoms with Gasteiger partial charge in [0.05, 0.1) is 24.6 Å². The molecule has 2 aliphatic rings. The van der Waals surface area contributed by atoms with Gasteiger partial charge in [-0.15, -0.1) is 0 Å². The van der Waals surface area contributed by atoms with E-state index in [0.717, 1.165) is 18.5 Å². The third-order valence-electron chi connectivity index (χ3n) is 4.54. The molecule has 1 aliphatic heterocycles. The molecule has 7 nitrogen and oxygen atoms in total. The normalized spacial score (nSPS) is 17.3. The maximum atomic E-state index is 9.02. The quantitative estimate of drug-likeness (QED) is 0.851. The molecule has 1 saturated carbocycles. The molecule has 0 atom stereocenters. The van der Waals surface area contributed by atoms with Crippen molar-refractivity contribution in [3.63, 3.8) is 0 Å². The average molecular weight is 337 g/mol. The first-order valence-electron chi connectivity index (χ1n) is 8.64. The molecule has 1 aliphatic carbocycles. The monoisotopic (exact) mass is 337 g/mol. The van der Waals surface area contributed by atoms with Crippen LogP contribution in [0.4, 0.5) is 11.5 Å². The fourth-order valence-electron chi connectivity index (χ4n) is 3.27. The Morgan fingerprint density at radius 3 is 2.80 bits per heavy atom. The zero-order valence-electron chi connectivity index (χ0n) is 13.9. The van der Waals surface area contributed by atoms with Gasteiger partial charge in [0.15, 0.2) is 11.6 Å². The Labute approximate surface area is 146 Å². The number of pyridine rings is 1. The number of hydrogen-bond donors (Lipinski definition) is 0. The summed E-state index contributed by atoms with van der Waals surface area (Å²) in [4.78, 5) is 14.7. The van der Waals surface area contributed by atoms with Crippen LogP contribution < -0.4 is 14.4 Å². The van der Waals surface area contributed by atoms with Gasteiger partial charge in [-0.2, -0.15) is 10.2 Å². The Bertz CT molecular complexity index is 781. The molecule has 1 fully saturated rings. The number of hydrogen-bond acceptors (Lipinski definition) is 7. The zero-order valence-corrected chi connectivity index (χ0v) is 13.9. The number of rotatable bonds is 3. The van der Waals surface area contributed by atoms with Gasteiger partial charge in [0.1, 0.15) is 18.8 Å². The molecule has 2 aromatic rings. The number of fused-ring (bicyclic) bond motifs is 1. The van der Waals surface area contributed by atoms with Gasteiger partial charge in [-0.25, -0.2) is 9.97 Å². The van der Waals surface area contributed by atoms with E-state index in [2.05, 4.69) is 15.0 Å². The second-order valence-corrected chi connectivity index (χ2v) is 6.23. The first-order chi connectivity index (χ1) is 12.3. The lowest BCUT2D eigenvalue weighted by Gasteiger charge is -2.29. The number of anilines is 2. The van der Waals surface area contributed by atoms with Crippen molar-refractivity contribution in [2.45, 2.75) is 38.2 Å². The first-order valence-corrected chi connectivity index (χ1v) is 8.64. The van der Waals surface area contributed by atoms with Gasteiger partial charge in [0.2, 0.25) is 11.7 Å². The highest BCUT2D eigenvalue weighted by Gasteiger charge is 2.23. The predicted octanol–water partition coefficient (Wildman–Crippen LogP) is 2.99. The van der Waals surface area contributed by atoms with E-state index in [9.17, 15) is 0 Å². The van der Waals surface area contributed by atoms with E-state index in [0.29, 0.717) is 30.6 Å². The minimum Gasteiger partial charge on any atom is -0.486 e. The van der Waals surface area contributed by atoms with Gasteiger partial charge in [0, 0.05) is 6.07 Å². The summed E-state index contributed by atoms with van der Waals surface area (Å²) in [6.07, 6.45) is 9.57. The SMILES string of the molecule is N#Cc1ncc2c(n1)N(c1ccc(OC3CCCCC3)nc1)CCO2. The smallest absolute Gasteiger partial charge is 0.234 e. The third kappa shape index (κ3) is 3.33. The van der Waals surface area contributed by atoms with Gasteiger partial charge < -0.3 is 14.4 Å². The van der Waals surface area contributed by atoms with Crippen molar-refractivity contribution in [2.75, 3.05) is 18.1 Å². The van der Waals surface area contributed by atoms with Gasteiger partial charge in [-0.05, 0) is 31.7 Å². The van der Waals surface area contributed by atoms with Crippen LogP contribution in [-0.4, -0.2) is 34.2 Å². The molecule has 3 heterocycles. The molecule has 128 valence electrons. The molecule has 0 aromatic carbocycles. The Morgan fingerprint density at radius 1 is 1.16 bits per heavy atom. The zero-order chi connectivity index (χ0) is 17.1. The Morgan fingerprint density at radius 2 is 2.04 bits per heavy atom. The van der Waals surface area contributed by atoms with Crippen molar-refractivity contribution in [1.82, 2.24) is 15.0 Å². The van der Waals surface area contributed by atoms with Crippen LogP contribution in [0.15, 0.2) is 24.5 Å². The van der Waals surface area contributed by atoms with Crippen molar-refractivity contribution in [3.05, 3.63) is 30.4 Å². The maximum absolute atomic E-state index is 9.02. The summed E-state index contributed by atoms with van der Waals surface area (Å²) in [7, 11) is 0. The molecule has 4 rings (SSSR count). The van der Waals surface area contributed by atoms with Crippen LogP contribution in [0.3, 0.4) is 0 Å². The van der Waals surface area contributed by atoms with E-state index in [1.807, 2.05) is 23.1 Å². The van der Waals surface area contributed by atoms with Crippen LogP contribution in [0, 0.1) is 11.3 Å². The van der Waals surface area contributed by atoms with Crippen LogP contribution in [0.5, 0.6) is 11.6 Å². The standard InChI is InChI=1S/C18H19N5O2/c19-10-16-20-12-15-18(22-16)23(8-9-24-15)13-6-7-17(21-11-13)25-14-4-2-1-3-5-14/h6-7,11-12,14H,1-5,8-9H2.